The van der Waals surface area contributed by atoms with Gasteiger partial charge in [0.15, 0.2) is 0 Å². The molecule has 1 amide bonds. The van der Waals surface area contributed by atoms with E-state index >= 15 is 0 Å². The lowest BCUT2D eigenvalue weighted by atomic mass is 10.2. The number of halogens is 3. The van der Waals surface area contributed by atoms with E-state index < -0.39 is 11.6 Å². The summed E-state index contributed by atoms with van der Waals surface area (Å²) < 4.78 is 26.5. The number of benzene rings is 1. The standard InChI is InChI=1S/C15H19BrF2N2O/c1-3-4-6-19-7-5-10(2)15(21)20-11-8-12(17)14(16)13(18)9-11/h5,8-9,19H,3-4,6-7H2,1-2H3,(H,20,21)/b10-5+. The molecule has 0 aliphatic rings. The quantitative estimate of drug-likeness (QED) is 0.438. The van der Waals surface area contributed by atoms with Crippen molar-refractivity contribution < 1.29 is 13.6 Å². The van der Waals surface area contributed by atoms with Crippen LogP contribution in [0.5, 0.6) is 0 Å². The summed E-state index contributed by atoms with van der Waals surface area (Å²) in [7, 11) is 0. The molecule has 0 atom stereocenters. The number of nitrogens with one attached hydrogen (secondary N) is 2. The van der Waals surface area contributed by atoms with Crippen molar-refractivity contribution in [1.82, 2.24) is 5.32 Å². The molecular formula is C15H19BrF2N2O. The van der Waals surface area contributed by atoms with Crippen LogP contribution in [0.4, 0.5) is 14.5 Å². The Bertz CT molecular complexity index is 509. The van der Waals surface area contributed by atoms with Crippen molar-refractivity contribution in [2.24, 2.45) is 0 Å². The molecule has 3 nitrogen and oxygen atoms in total. The third-order valence-electron chi connectivity index (χ3n) is 2.86. The van der Waals surface area contributed by atoms with Gasteiger partial charge in [-0.25, -0.2) is 8.78 Å². The first-order chi connectivity index (χ1) is 9.95. The molecule has 0 unspecified atom stereocenters. The molecule has 0 spiro atoms. The van der Waals surface area contributed by atoms with Gasteiger partial charge in [0.25, 0.3) is 5.91 Å². The molecule has 2 N–H and O–H groups in total. The normalized spacial score (nSPS) is 11.6. The van der Waals surface area contributed by atoms with Crippen LogP contribution < -0.4 is 10.6 Å². The van der Waals surface area contributed by atoms with E-state index in [0.717, 1.165) is 31.5 Å². The highest BCUT2D eigenvalue weighted by atomic mass is 79.9. The van der Waals surface area contributed by atoms with E-state index in [-0.39, 0.29) is 16.1 Å². The first-order valence-corrected chi connectivity index (χ1v) is 7.58. The molecule has 0 aromatic heterocycles. The van der Waals surface area contributed by atoms with Gasteiger partial charge < -0.3 is 10.6 Å². The number of carbonyl (C=O) groups excluding carboxylic acids is 1. The SMILES string of the molecule is CCCCNC/C=C(\C)C(=O)Nc1cc(F)c(Br)c(F)c1. The molecule has 0 aliphatic carbocycles. The summed E-state index contributed by atoms with van der Waals surface area (Å²) in [6.45, 7) is 5.24. The summed E-state index contributed by atoms with van der Waals surface area (Å²) in [5.41, 5.74) is 0.577. The summed E-state index contributed by atoms with van der Waals surface area (Å²) in [4.78, 5) is 11.9. The van der Waals surface area contributed by atoms with Crippen LogP contribution in [-0.2, 0) is 4.79 Å². The molecule has 0 radical (unpaired) electrons. The van der Waals surface area contributed by atoms with Crippen LogP contribution in [0, 0.1) is 11.6 Å². The number of anilines is 1. The number of rotatable bonds is 7. The second kappa shape index (κ2) is 8.89. The highest BCUT2D eigenvalue weighted by Gasteiger charge is 2.11. The zero-order valence-electron chi connectivity index (χ0n) is 12.1. The molecule has 1 aromatic rings. The Morgan fingerprint density at radius 1 is 1.33 bits per heavy atom. The lowest BCUT2D eigenvalue weighted by Crippen LogP contribution is -2.18. The Hall–Kier alpha value is -1.27. The van der Waals surface area contributed by atoms with Crippen molar-refractivity contribution in [1.29, 1.82) is 0 Å². The number of hydrogen-bond donors (Lipinski definition) is 2. The number of carbonyl (C=O) groups is 1. The Morgan fingerprint density at radius 3 is 2.52 bits per heavy atom. The van der Waals surface area contributed by atoms with Gasteiger partial charge in [0, 0.05) is 17.8 Å². The molecule has 1 aromatic carbocycles. The maximum atomic E-state index is 13.3. The summed E-state index contributed by atoms with van der Waals surface area (Å²) in [6.07, 6.45) is 3.93. The Morgan fingerprint density at radius 2 is 1.95 bits per heavy atom. The van der Waals surface area contributed by atoms with E-state index in [0.29, 0.717) is 12.1 Å². The van der Waals surface area contributed by atoms with Crippen molar-refractivity contribution in [2.75, 3.05) is 18.4 Å². The van der Waals surface area contributed by atoms with Crippen LogP contribution in [0.2, 0.25) is 0 Å². The van der Waals surface area contributed by atoms with Gasteiger partial charge in [-0.2, -0.15) is 0 Å². The Balaban J connectivity index is 2.58. The average Bonchev–Trinajstić information content (AvgIpc) is 2.44. The van der Waals surface area contributed by atoms with Crippen LogP contribution in [-0.4, -0.2) is 19.0 Å². The minimum absolute atomic E-state index is 0.0879. The highest BCUT2D eigenvalue weighted by molar-refractivity contribution is 9.10. The zero-order valence-corrected chi connectivity index (χ0v) is 13.7. The molecular weight excluding hydrogens is 342 g/mol. The Kier molecular flexibility index (Phi) is 7.53. The lowest BCUT2D eigenvalue weighted by molar-refractivity contribution is -0.112. The number of amides is 1. The van der Waals surface area contributed by atoms with Crippen LogP contribution in [0.3, 0.4) is 0 Å². The van der Waals surface area contributed by atoms with Crippen LogP contribution in [0.25, 0.3) is 0 Å². The third-order valence-corrected chi connectivity index (χ3v) is 3.62. The van der Waals surface area contributed by atoms with E-state index in [1.54, 1.807) is 13.0 Å². The fourth-order valence-corrected chi connectivity index (χ4v) is 1.81. The van der Waals surface area contributed by atoms with Crippen molar-refractivity contribution in [3.63, 3.8) is 0 Å². The minimum Gasteiger partial charge on any atom is -0.322 e. The van der Waals surface area contributed by atoms with Crippen LogP contribution >= 0.6 is 15.9 Å². The average molecular weight is 361 g/mol. The molecule has 0 saturated carbocycles. The summed E-state index contributed by atoms with van der Waals surface area (Å²) in [5, 5.41) is 5.65. The molecule has 1 rings (SSSR count). The maximum Gasteiger partial charge on any atom is 0.251 e. The summed E-state index contributed by atoms with van der Waals surface area (Å²) in [5.74, 6) is -1.89. The largest absolute Gasteiger partial charge is 0.322 e. The first kappa shape index (κ1) is 17.8. The van der Waals surface area contributed by atoms with Crippen molar-refractivity contribution >= 4 is 27.5 Å². The van der Waals surface area contributed by atoms with Crippen LogP contribution in [0.1, 0.15) is 26.7 Å². The lowest BCUT2D eigenvalue weighted by Gasteiger charge is -2.07. The third kappa shape index (κ3) is 5.93. The van der Waals surface area contributed by atoms with Crippen molar-refractivity contribution in [3.8, 4) is 0 Å². The van der Waals surface area contributed by atoms with E-state index in [4.69, 9.17) is 0 Å². The second-order valence-electron chi connectivity index (χ2n) is 4.65. The predicted molar refractivity (Wildman–Crippen MR) is 84.2 cm³/mol. The molecule has 116 valence electrons. The molecule has 0 saturated heterocycles. The first-order valence-electron chi connectivity index (χ1n) is 6.79. The monoisotopic (exact) mass is 360 g/mol. The molecule has 0 bridgehead atoms. The van der Waals surface area contributed by atoms with E-state index in [1.807, 2.05) is 0 Å². The van der Waals surface area contributed by atoms with Gasteiger partial charge in [-0.05, 0) is 48.0 Å². The van der Waals surface area contributed by atoms with Gasteiger partial charge in [-0.1, -0.05) is 19.4 Å². The maximum absolute atomic E-state index is 13.3. The highest BCUT2D eigenvalue weighted by Crippen LogP contribution is 2.23. The number of hydrogen-bond acceptors (Lipinski definition) is 2. The Labute approximate surface area is 131 Å². The van der Waals surface area contributed by atoms with E-state index in [2.05, 4.69) is 33.5 Å². The van der Waals surface area contributed by atoms with Crippen molar-refractivity contribution in [3.05, 3.63) is 39.9 Å². The van der Waals surface area contributed by atoms with Gasteiger partial charge in [-0.3, -0.25) is 4.79 Å². The fraction of sp³-hybridized carbons (Fsp3) is 0.400. The van der Waals surface area contributed by atoms with Gasteiger partial charge in [0.1, 0.15) is 11.6 Å². The van der Waals surface area contributed by atoms with E-state index in [9.17, 15) is 13.6 Å². The topological polar surface area (TPSA) is 41.1 Å². The summed E-state index contributed by atoms with van der Waals surface area (Å²) in [6, 6.07) is 2.13. The fourth-order valence-electron chi connectivity index (χ4n) is 1.58. The zero-order chi connectivity index (χ0) is 15.8. The molecule has 21 heavy (non-hydrogen) atoms. The van der Waals surface area contributed by atoms with Gasteiger partial charge >= 0.3 is 0 Å². The van der Waals surface area contributed by atoms with Gasteiger partial charge in [0.2, 0.25) is 0 Å². The molecule has 6 heteroatoms. The predicted octanol–water partition coefficient (Wildman–Crippen LogP) is 4.00. The molecule has 0 fully saturated rings. The van der Waals surface area contributed by atoms with Gasteiger partial charge in [-0.15, -0.1) is 0 Å². The smallest absolute Gasteiger partial charge is 0.251 e. The minimum atomic E-state index is -0.756. The summed E-state index contributed by atoms with van der Waals surface area (Å²) >= 11 is 2.78. The van der Waals surface area contributed by atoms with Gasteiger partial charge in [0.05, 0.1) is 4.47 Å². The van der Waals surface area contributed by atoms with E-state index in [1.165, 1.54) is 0 Å². The number of unbranched alkanes of at least 4 members (excludes halogenated alkanes) is 1. The van der Waals surface area contributed by atoms with Crippen LogP contribution in [0.15, 0.2) is 28.3 Å². The van der Waals surface area contributed by atoms with Crippen molar-refractivity contribution in [2.45, 2.75) is 26.7 Å². The molecule has 0 heterocycles. The second-order valence-corrected chi connectivity index (χ2v) is 5.45. The molecule has 0 aliphatic heterocycles.